The summed E-state index contributed by atoms with van der Waals surface area (Å²) < 4.78 is 10.8. The molecule has 0 spiro atoms. The molecule has 0 radical (unpaired) electrons. The van der Waals surface area contributed by atoms with Crippen molar-refractivity contribution in [3.63, 3.8) is 0 Å². The number of thiophene rings is 1. The monoisotopic (exact) mass is 320 g/mol. The van der Waals surface area contributed by atoms with E-state index >= 15 is 0 Å². The topological polar surface area (TPSA) is 60.5 Å². The molecule has 2 heterocycles. The normalized spacial score (nSPS) is 12.0. The number of methoxy groups -OCH3 is 1. The summed E-state index contributed by atoms with van der Waals surface area (Å²) in [4.78, 5) is 18.7. The highest BCUT2D eigenvalue weighted by Gasteiger charge is 2.17. The van der Waals surface area contributed by atoms with Crippen LogP contribution in [0.25, 0.3) is 0 Å². The number of carbonyl (C=O) groups is 1. The van der Waals surface area contributed by atoms with E-state index in [4.69, 9.17) is 9.47 Å². The number of nitrogens with zero attached hydrogens (tertiary/aromatic N) is 1. The van der Waals surface area contributed by atoms with E-state index in [2.05, 4.69) is 10.3 Å². The van der Waals surface area contributed by atoms with Gasteiger partial charge in [-0.25, -0.2) is 4.98 Å². The molecule has 22 heavy (non-hydrogen) atoms. The molecule has 0 saturated carbocycles. The summed E-state index contributed by atoms with van der Waals surface area (Å²) in [6.45, 7) is 4.77. The predicted octanol–water partition coefficient (Wildman–Crippen LogP) is 2.97. The number of hydrogen-bond donors (Lipinski definition) is 1. The van der Waals surface area contributed by atoms with Gasteiger partial charge in [0.05, 0.1) is 6.61 Å². The SMILES string of the molecule is CCOc1ncccc1C(=O)NCC(OC)c1ccc(C)s1. The first kappa shape index (κ1) is 16.5. The van der Waals surface area contributed by atoms with Crippen molar-refractivity contribution in [2.24, 2.45) is 0 Å². The molecule has 118 valence electrons. The van der Waals surface area contributed by atoms with Gasteiger partial charge in [-0.05, 0) is 38.1 Å². The highest BCUT2D eigenvalue weighted by atomic mass is 32.1. The third-order valence-corrected chi connectivity index (χ3v) is 4.20. The molecule has 1 amide bonds. The molecule has 5 nitrogen and oxygen atoms in total. The Kier molecular flexibility index (Phi) is 5.91. The van der Waals surface area contributed by atoms with E-state index in [0.29, 0.717) is 24.6 Å². The number of ether oxygens (including phenoxy) is 2. The number of carbonyl (C=O) groups excluding carboxylic acids is 1. The van der Waals surface area contributed by atoms with Gasteiger partial charge >= 0.3 is 0 Å². The zero-order chi connectivity index (χ0) is 15.9. The van der Waals surface area contributed by atoms with Crippen LogP contribution in [0.1, 0.15) is 33.1 Å². The van der Waals surface area contributed by atoms with Gasteiger partial charge in [0.25, 0.3) is 5.91 Å². The molecule has 2 aromatic heterocycles. The highest BCUT2D eigenvalue weighted by molar-refractivity contribution is 7.12. The number of nitrogens with one attached hydrogen (secondary N) is 1. The lowest BCUT2D eigenvalue weighted by Gasteiger charge is -2.15. The van der Waals surface area contributed by atoms with Crippen LogP contribution in [0.15, 0.2) is 30.5 Å². The summed E-state index contributed by atoms with van der Waals surface area (Å²) in [5.41, 5.74) is 0.432. The van der Waals surface area contributed by atoms with Crippen LogP contribution in [0.5, 0.6) is 5.88 Å². The smallest absolute Gasteiger partial charge is 0.256 e. The molecule has 0 bridgehead atoms. The Labute approximate surface area is 134 Å². The second kappa shape index (κ2) is 7.91. The molecule has 2 rings (SSSR count). The van der Waals surface area contributed by atoms with Gasteiger partial charge in [0.15, 0.2) is 0 Å². The van der Waals surface area contributed by atoms with Gasteiger partial charge in [0.2, 0.25) is 5.88 Å². The fourth-order valence-corrected chi connectivity index (χ4v) is 2.98. The van der Waals surface area contributed by atoms with Crippen LogP contribution in [-0.4, -0.2) is 31.2 Å². The number of hydrogen-bond acceptors (Lipinski definition) is 5. The maximum Gasteiger partial charge on any atom is 0.256 e. The summed E-state index contributed by atoms with van der Waals surface area (Å²) in [5.74, 6) is 0.135. The van der Waals surface area contributed by atoms with Crippen molar-refractivity contribution in [1.29, 1.82) is 0 Å². The molecule has 1 N–H and O–H groups in total. The van der Waals surface area contributed by atoms with Crippen LogP contribution in [-0.2, 0) is 4.74 Å². The fraction of sp³-hybridized carbons (Fsp3) is 0.375. The molecular formula is C16H20N2O3S. The van der Waals surface area contributed by atoms with Gasteiger partial charge in [-0.2, -0.15) is 0 Å². The maximum atomic E-state index is 12.3. The number of rotatable bonds is 7. The van der Waals surface area contributed by atoms with E-state index in [-0.39, 0.29) is 12.0 Å². The van der Waals surface area contributed by atoms with Crippen molar-refractivity contribution in [3.8, 4) is 5.88 Å². The van der Waals surface area contributed by atoms with Crippen LogP contribution in [0.2, 0.25) is 0 Å². The van der Waals surface area contributed by atoms with Gasteiger partial charge < -0.3 is 14.8 Å². The number of aromatic nitrogens is 1. The standard InChI is InChI=1S/C16H20N2O3S/c1-4-21-16-12(6-5-9-17-16)15(19)18-10-13(20-3)14-8-7-11(2)22-14/h5-9,13H,4,10H2,1-3H3,(H,18,19). The first-order valence-electron chi connectivity index (χ1n) is 7.10. The Bertz CT molecular complexity index is 627. The quantitative estimate of drug-likeness (QED) is 0.852. The van der Waals surface area contributed by atoms with Crippen LogP contribution in [0.4, 0.5) is 0 Å². The summed E-state index contributed by atoms with van der Waals surface area (Å²) in [5, 5.41) is 2.88. The third kappa shape index (κ3) is 4.05. The van der Waals surface area contributed by atoms with E-state index < -0.39 is 0 Å². The molecule has 0 aliphatic carbocycles. The van der Waals surface area contributed by atoms with E-state index in [1.807, 2.05) is 26.0 Å². The van der Waals surface area contributed by atoms with Crippen molar-refractivity contribution < 1.29 is 14.3 Å². The zero-order valence-electron chi connectivity index (χ0n) is 13.0. The summed E-state index contributed by atoms with van der Waals surface area (Å²) in [6.07, 6.45) is 1.45. The van der Waals surface area contributed by atoms with Crippen LogP contribution < -0.4 is 10.1 Å². The Morgan fingerprint density at radius 3 is 2.86 bits per heavy atom. The molecule has 2 aromatic rings. The number of pyridine rings is 1. The Hall–Kier alpha value is -1.92. The van der Waals surface area contributed by atoms with Crippen molar-refractivity contribution in [1.82, 2.24) is 10.3 Å². The van der Waals surface area contributed by atoms with Gasteiger partial charge in [-0.15, -0.1) is 11.3 Å². The van der Waals surface area contributed by atoms with Crippen molar-refractivity contribution >= 4 is 17.2 Å². The third-order valence-electron chi connectivity index (χ3n) is 3.11. The molecule has 6 heteroatoms. The molecule has 1 unspecified atom stereocenters. The molecule has 0 aliphatic heterocycles. The summed E-state index contributed by atoms with van der Waals surface area (Å²) >= 11 is 1.67. The van der Waals surface area contributed by atoms with Crippen molar-refractivity contribution in [2.75, 3.05) is 20.3 Å². The largest absolute Gasteiger partial charge is 0.477 e. The van der Waals surface area contributed by atoms with Crippen LogP contribution in [0, 0.1) is 6.92 Å². The Morgan fingerprint density at radius 2 is 2.23 bits per heavy atom. The Balaban J connectivity index is 2.02. The van der Waals surface area contributed by atoms with E-state index in [1.54, 1.807) is 36.8 Å². The van der Waals surface area contributed by atoms with Gasteiger partial charge in [-0.1, -0.05) is 0 Å². The lowest BCUT2D eigenvalue weighted by atomic mass is 10.2. The Morgan fingerprint density at radius 1 is 1.41 bits per heavy atom. The van der Waals surface area contributed by atoms with E-state index in [9.17, 15) is 4.79 Å². The molecular weight excluding hydrogens is 300 g/mol. The molecule has 0 aliphatic rings. The minimum Gasteiger partial charge on any atom is -0.477 e. The first-order chi connectivity index (χ1) is 10.7. The van der Waals surface area contributed by atoms with E-state index in [1.165, 1.54) is 4.88 Å². The second-order valence-corrected chi connectivity index (χ2v) is 5.99. The molecule has 0 fully saturated rings. The average Bonchev–Trinajstić information content (AvgIpc) is 2.95. The minimum atomic E-state index is -0.216. The predicted molar refractivity (Wildman–Crippen MR) is 86.5 cm³/mol. The number of amides is 1. The summed E-state index contributed by atoms with van der Waals surface area (Å²) in [7, 11) is 1.64. The molecule has 1 atom stereocenters. The van der Waals surface area contributed by atoms with Gasteiger partial charge in [0, 0.05) is 29.6 Å². The second-order valence-electron chi connectivity index (χ2n) is 4.67. The summed E-state index contributed by atoms with van der Waals surface area (Å²) in [6, 6.07) is 7.48. The van der Waals surface area contributed by atoms with Crippen molar-refractivity contribution in [2.45, 2.75) is 20.0 Å². The lowest BCUT2D eigenvalue weighted by molar-refractivity contribution is 0.0834. The molecule has 0 aromatic carbocycles. The highest BCUT2D eigenvalue weighted by Crippen LogP contribution is 2.24. The number of aryl methyl sites for hydroxylation is 1. The van der Waals surface area contributed by atoms with E-state index in [0.717, 1.165) is 4.88 Å². The lowest BCUT2D eigenvalue weighted by Crippen LogP contribution is -2.29. The van der Waals surface area contributed by atoms with Crippen molar-refractivity contribution in [3.05, 3.63) is 45.8 Å². The average molecular weight is 320 g/mol. The van der Waals surface area contributed by atoms with Gasteiger partial charge in [0.1, 0.15) is 11.7 Å². The maximum absolute atomic E-state index is 12.3. The first-order valence-corrected chi connectivity index (χ1v) is 7.92. The fourth-order valence-electron chi connectivity index (χ4n) is 2.02. The van der Waals surface area contributed by atoms with Crippen LogP contribution >= 0.6 is 11.3 Å². The van der Waals surface area contributed by atoms with Crippen LogP contribution in [0.3, 0.4) is 0 Å². The molecule has 0 saturated heterocycles. The van der Waals surface area contributed by atoms with Gasteiger partial charge in [-0.3, -0.25) is 4.79 Å². The zero-order valence-corrected chi connectivity index (χ0v) is 13.8. The minimum absolute atomic E-state index is 0.158.